The van der Waals surface area contributed by atoms with Crippen LogP contribution in [-0.4, -0.2) is 9.97 Å². The molecule has 1 rings (SSSR count). The minimum absolute atomic E-state index is 0. The molecule has 9 heavy (non-hydrogen) atoms. The topological polar surface area (TPSA) is 28.7 Å². The first-order valence-corrected chi connectivity index (χ1v) is 2.84. The van der Waals surface area contributed by atoms with Crippen molar-refractivity contribution < 1.29 is 0 Å². The van der Waals surface area contributed by atoms with Crippen LogP contribution in [0.3, 0.4) is 0 Å². The minimum atomic E-state index is 0. The van der Waals surface area contributed by atoms with Gasteiger partial charge in [0.15, 0.2) is 0 Å². The maximum atomic E-state index is 4.17. The van der Waals surface area contributed by atoms with Gasteiger partial charge in [0.2, 0.25) is 0 Å². The standard InChI is InChI=1S/C6H10N2.BrH/c1-3-6-4-7-5(2)8-6;/h4H,3H2,1-2H3,(H,7,8);1H. The zero-order valence-corrected chi connectivity index (χ0v) is 7.35. The van der Waals surface area contributed by atoms with Gasteiger partial charge >= 0.3 is 0 Å². The van der Waals surface area contributed by atoms with Crippen molar-refractivity contribution in [3.63, 3.8) is 0 Å². The van der Waals surface area contributed by atoms with Crippen molar-refractivity contribution in [1.29, 1.82) is 0 Å². The van der Waals surface area contributed by atoms with Crippen LogP contribution < -0.4 is 0 Å². The predicted octanol–water partition coefficient (Wildman–Crippen LogP) is 1.86. The van der Waals surface area contributed by atoms with Gasteiger partial charge in [-0.05, 0) is 13.3 Å². The molecule has 0 amide bonds. The number of nitrogens with zero attached hydrogens (tertiary/aromatic N) is 1. The highest BCUT2D eigenvalue weighted by Gasteiger charge is 1.89. The van der Waals surface area contributed by atoms with E-state index in [1.54, 1.807) is 0 Å². The second-order valence-electron chi connectivity index (χ2n) is 1.83. The zero-order chi connectivity index (χ0) is 5.98. The van der Waals surface area contributed by atoms with Crippen LogP contribution in [0.25, 0.3) is 0 Å². The van der Waals surface area contributed by atoms with Crippen LogP contribution in [0.2, 0.25) is 0 Å². The molecule has 0 radical (unpaired) electrons. The van der Waals surface area contributed by atoms with E-state index >= 15 is 0 Å². The average molecular weight is 191 g/mol. The second-order valence-corrected chi connectivity index (χ2v) is 1.83. The molecule has 0 spiro atoms. The van der Waals surface area contributed by atoms with Gasteiger partial charge in [-0.1, -0.05) is 6.92 Å². The summed E-state index contributed by atoms with van der Waals surface area (Å²) in [6.45, 7) is 4.05. The second kappa shape index (κ2) is 3.67. The van der Waals surface area contributed by atoms with Gasteiger partial charge in [0.1, 0.15) is 5.82 Å². The molecule has 0 unspecified atom stereocenters. The third-order valence-electron chi connectivity index (χ3n) is 1.12. The molecule has 0 saturated heterocycles. The Kier molecular flexibility index (Phi) is 3.54. The molecule has 2 nitrogen and oxygen atoms in total. The molecule has 1 N–H and O–H groups in total. The Morgan fingerprint density at radius 2 is 2.33 bits per heavy atom. The van der Waals surface area contributed by atoms with Crippen molar-refractivity contribution in [2.75, 3.05) is 0 Å². The molecule has 0 atom stereocenters. The number of nitrogens with one attached hydrogen (secondary N) is 1. The summed E-state index contributed by atoms with van der Waals surface area (Å²) in [4.78, 5) is 7.18. The lowest BCUT2D eigenvalue weighted by atomic mass is 10.4. The number of aryl methyl sites for hydroxylation is 2. The van der Waals surface area contributed by atoms with E-state index in [0.717, 1.165) is 17.9 Å². The van der Waals surface area contributed by atoms with Gasteiger partial charge in [0.05, 0.1) is 5.69 Å². The van der Waals surface area contributed by atoms with E-state index in [1.807, 2.05) is 13.1 Å². The fourth-order valence-corrected chi connectivity index (χ4v) is 0.649. The highest BCUT2D eigenvalue weighted by atomic mass is 79.9. The third-order valence-corrected chi connectivity index (χ3v) is 1.12. The average Bonchev–Trinajstić information content (AvgIpc) is 2.14. The van der Waals surface area contributed by atoms with Crippen LogP contribution in [-0.2, 0) is 6.42 Å². The SMILES string of the molecule is Br.CCc1c[nH]c(C)n1. The van der Waals surface area contributed by atoms with Crippen LogP contribution in [0.4, 0.5) is 0 Å². The first-order valence-electron chi connectivity index (χ1n) is 2.84. The van der Waals surface area contributed by atoms with E-state index in [1.165, 1.54) is 0 Å². The first kappa shape index (κ1) is 8.69. The number of aromatic amines is 1. The van der Waals surface area contributed by atoms with Gasteiger partial charge in [0, 0.05) is 6.20 Å². The number of hydrogen-bond acceptors (Lipinski definition) is 1. The van der Waals surface area contributed by atoms with E-state index < -0.39 is 0 Å². The fourth-order valence-electron chi connectivity index (χ4n) is 0.649. The van der Waals surface area contributed by atoms with Crippen LogP contribution in [0.1, 0.15) is 18.4 Å². The highest BCUT2D eigenvalue weighted by Crippen LogP contribution is 1.94. The number of imidazole rings is 1. The molecule has 1 aromatic rings. The molecular weight excluding hydrogens is 180 g/mol. The monoisotopic (exact) mass is 190 g/mol. The summed E-state index contributed by atoms with van der Waals surface area (Å²) >= 11 is 0. The van der Waals surface area contributed by atoms with E-state index in [9.17, 15) is 0 Å². The van der Waals surface area contributed by atoms with Crippen molar-refractivity contribution in [3.05, 3.63) is 17.7 Å². The maximum Gasteiger partial charge on any atom is 0.103 e. The molecular formula is C6H11BrN2. The molecule has 1 heterocycles. The van der Waals surface area contributed by atoms with Crippen molar-refractivity contribution >= 4 is 17.0 Å². The maximum absolute atomic E-state index is 4.17. The van der Waals surface area contributed by atoms with Gasteiger partial charge in [-0.2, -0.15) is 0 Å². The highest BCUT2D eigenvalue weighted by molar-refractivity contribution is 8.93. The van der Waals surface area contributed by atoms with Gasteiger partial charge < -0.3 is 4.98 Å². The summed E-state index contributed by atoms with van der Waals surface area (Å²) in [5.74, 6) is 1.00. The molecule has 0 aliphatic heterocycles. The normalized spacial score (nSPS) is 8.67. The van der Waals surface area contributed by atoms with Crippen LogP contribution >= 0.6 is 17.0 Å². The number of hydrogen-bond donors (Lipinski definition) is 1. The molecule has 0 aromatic carbocycles. The number of aromatic nitrogens is 2. The predicted molar refractivity (Wildman–Crippen MR) is 43.0 cm³/mol. The molecule has 0 aliphatic carbocycles. The third kappa shape index (κ3) is 2.18. The number of rotatable bonds is 1. The van der Waals surface area contributed by atoms with Crippen molar-refractivity contribution in [1.82, 2.24) is 9.97 Å². The molecule has 3 heteroatoms. The lowest BCUT2D eigenvalue weighted by Crippen LogP contribution is -1.76. The summed E-state index contributed by atoms with van der Waals surface area (Å²) in [6.07, 6.45) is 2.96. The van der Waals surface area contributed by atoms with Gasteiger partial charge in [-0.25, -0.2) is 4.98 Å². The summed E-state index contributed by atoms with van der Waals surface area (Å²) in [7, 11) is 0. The summed E-state index contributed by atoms with van der Waals surface area (Å²) in [5.41, 5.74) is 1.14. The zero-order valence-electron chi connectivity index (χ0n) is 5.64. The summed E-state index contributed by atoms with van der Waals surface area (Å²) in [6, 6.07) is 0. The van der Waals surface area contributed by atoms with Crippen molar-refractivity contribution in [3.8, 4) is 0 Å². The van der Waals surface area contributed by atoms with Gasteiger partial charge in [-0.3, -0.25) is 0 Å². The van der Waals surface area contributed by atoms with Crippen molar-refractivity contribution in [2.24, 2.45) is 0 Å². The molecule has 0 fully saturated rings. The van der Waals surface area contributed by atoms with Crippen LogP contribution in [0, 0.1) is 6.92 Å². The molecule has 1 aromatic heterocycles. The van der Waals surface area contributed by atoms with Crippen LogP contribution in [0.5, 0.6) is 0 Å². The van der Waals surface area contributed by atoms with E-state index in [2.05, 4.69) is 16.9 Å². The van der Waals surface area contributed by atoms with Crippen LogP contribution in [0.15, 0.2) is 6.20 Å². The Hall–Kier alpha value is -0.310. The Labute approximate surface area is 65.5 Å². The smallest absolute Gasteiger partial charge is 0.103 e. The Bertz CT molecular complexity index is 171. The minimum Gasteiger partial charge on any atom is -0.349 e. The number of H-pyrrole nitrogens is 1. The molecule has 0 bridgehead atoms. The van der Waals surface area contributed by atoms with E-state index in [4.69, 9.17) is 0 Å². The van der Waals surface area contributed by atoms with E-state index in [0.29, 0.717) is 0 Å². The lowest BCUT2D eigenvalue weighted by molar-refractivity contribution is 1.04. The Balaban J connectivity index is 0.000000640. The molecule has 52 valence electrons. The molecule has 0 saturated carbocycles. The summed E-state index contributed by atoms with van der Waals surface area (Å²) in [5, 5.41) is 0. The Morgan fingerprint density at radius 1 is 1.67 bits per heavy atom. The fraction of sp³-hybridized carbons (Fsp3) is 0.500. The quantitative estimate of drug-likeness (QED) is 0.720. The lowest BCUT2D eigenvalue weighted by Gasteiger charge is -1.79. The number of halogens is 1. The Morgan fingerprint density at radius 3 is 2.56 bits per heavy atom. The summed E-state index contributed by atoms with van der Waals surface area (Å²) < 4.78 is 0. The van der Waals surface area contributed by atoms with Gasteiger partial charge in [-0.15, -0.1) is 17.0 Å². The molecule has 0 aliphatic rings. The first-order chi connectivity index (χ1) is 3.83. The largest absolute Gasteiger partial charge is 0.349 e. The van der Waals surface area contributed by atoms with Crippen molar-refractivity contribution in [2.45, 2.75) is 20.3 Å². The van der Waals surface area contributed by atoms with Gasteiger partial charge in [0.25, 0.3) is 0 Å². The van der Waals surface area contributed by atoms with E-state index in [-0.39, 0.29) is 17.0 Å².